The van der Waals surface area contributed by atoms with Crippen LogP contribution in [0, 0.1) is 0 Å². The normalized spacial score (nSPS) is 12.1. The molecule has 0 amide bonds. The summed E-state index contributed by atoms with van der Waals surface area (Å²) in [7, 11) is 0. The lowest BCUT2D eigenvalue weighted by molar-refractivity contribution is 0.593. The first kappa shape index (κ1) is 28.4. The molecule has 2 heterocycles. The SMILES string of the molecule is CC(C)(C)c1c(-c2ccc(-n3c4ccccc4c4ccccc43)cc2)cccc1-c1ccc(-n2c3ccccc3c3ccccc32)cc1. The molecule has 0 unspecified atom stereocenters. The van der Waals surface area contributed by atoms with Crippen molar-refractivity contribution in [2.45, 2.75) is 26.2 Å². The van der Waals surface area contributed by atoms with Crippen molar-refractivity contribution in [1.82, 2.24) is 9.13 Å². The number of hydrogen-bond donors (Lipinski definition) is 0. The van der Waals surface area contributed by atoms with Gasteiger partial charge < -0.3 is 9.13 Å². The summed E-state index contributed by atoms with van der Waals surface area (Å²) in [5.41, 5.74) is 13.6. The molecule has 7 aromatic carbocycles. The van der Waals surface area contributed by atoms with Crippen molar-refractivity contribution in [3.63, 3.8) is 0 Å². The van der Waals surface area contributed by atoms with Gasteiger partial charge >= 0.3 is 0 Å². The van der Waals surface area contributed by atoms with Crippen molar-refractivity contribution >= 4 is 43.6 Å². The Balaban J connectivity index is 1.14. The van der Waals surface area contributed by atoms with Gasteiger partial charge in [0, 0.05) is 32.9 Å². The summed E-state index contributed by atoms with van der Waals surface area (Å²) < 4.78 is 4.77. The van der Waals surface area contributed by atoms with Gasteiger partial charge in [-0.2, -0.15) is 0 Å². The van der Waals surface area contributed by atoms with Gasteiger partial charge in [-0.3, -0.25) is 0 Å². The summed E-state index contributed by atoms with van der Waals surface area (Å²) in [4.78, 5) is 0. The molecule has 0 saturated heterocycles. The second-order valence-corrected chi connectivity index (χ2v) is 13.8. The van der Waals surface area contributed by atoms with Crippen molar-refractivity contribution in [3.05, 3.63) is 169 Å². The average Bonchev–Trinajstić information content (AvgIpc) is 3.64. The quantitative estimate of drug-likeness (QED) is 0.186. The minimum absolute atomic E-state index is 0.0665. The molecule has 2 nitrogen and oxygen atoms in total. The lowest BCUT2D eigenvalue weighted by atomic mass is 9.77. The maximum atomic E-state index is 2.38. The summed E-state index contributed by atoms with van der Waals surface area (Å²) >= 11 is 0. The molecule has 48 heavy (non-hydrogen) atoms. The Morgan fingerprint density at radius 1 is 0.333 bits per heavy atom. The van der Waals surface area contributed by atoms with Crippen molar-refractivity contribution in [3.8, 4) is 33.6 Å². The molecular weight excluding hydrogens is 581 g/mol. The lowest BCUT2D eigenvalue weighted by Crippen LogP contribution is -2.14. The van der Waals surface area contributed by atoms with Crippen molar-refractivity contribution < 1.29 is 0 Å². The third-order valence-electron chi connectivity index (χ3n) is 9.85. The highest BCUT2D eigenvalue weighted by Gasteiger charge is 2.24. The summed E-state index contributed by atoms with van der Waals surface area (Å²) in [5, 5.41) is 5.13. The van der Waals surface area contributed by atoms with Crippen molar-refractivity contribution in [2.24, 2.45) is 0 Å². The number of benzene rings is 7. The predicted octanol–water partition coefficient (Wildman–Crippen LogP) is 12.5. The van der Waals surface area contributed by atoms with E-state index < -0.39 is 0 Å². The van der Waals surface area contributed by atoms with E-state index in [0.29, 0.717) is 0 Å². The van der Waals surface area contributed by atoms with Gasteiger partial charge in [0.25, 0.3) is 0 Å². The second-order valence-electron chi connectivity index (χ2n) is 13.8. The van der Waals surface area contributed by atoms with Gasteiger partial charge in [-0.1, -0.05) is 136 Å². The number of nitrogens with zero attached hydrogens (tertiary/aromatic N) is 2. The van der Waals surface area contributed by atoms with Crippen LogP contribution in [0.1, 0.15) is 26.3 Å². The van der Waals surface area contributed by atoms with Crippen molar-refractivity contribution in [1.29, 1.82) is 0 Å². The van der Waals surface area contributed by atoms with Gasteiger partial charge in [0.2, 0.25) is 0 Å². The molecule has 0 fully saturated rings. The molecular formula is C46H36N2. The molecule has 0 aliphatic heterocycles. The highest BCUT2D eigenvalue weighted by molar-refractivity contribution is 6.10. The maximum absolute atomic E-state index is 2.38. The van der Waals surface area contributed by atoms with Gasteiger partial charge in [-0.15, -0.1) is 0 Å². The molecule has 2 aromatic heterocycles. The van der Waals surface area contributed by atoms with E-state index in [2.05, 4.69) is 194 Å². The smallest absolute Gasteiger partial charge is 0.0541 e. The first-order chi connectivity index (χ1) is 23.5. The maximum Gasteiger partial charge on any atom is 0.0541 e. The molecule has 0 radical (unpaired) electrons. The standard InChI is InChI=1S/C46H36N2/c1-46(2,3)45-35(31-23-27-33(28-24-31)47-41-19-8-4-13-37(41)38-14-5-9-20-42(38)47)17-12-18-36(45)32-25-29-34(30-26-32)48-43-21-10-6-15-39(43)40-16-7-11-22-44(40)48/h4-30H,1-3H3. The molecule has 0 bridgehead atoms. The highest BCUT2D eigenvalue weighted by atomic mass is 15.0. The Bertz CT molecular complexity index is 2340. The lowest BCUT2D eigenvalue weighted by Gasteiger charge is -2.27. The van der Waals surface area contributed by atoms with Crippen LogP contribution in [-0.4, -0.2) is 9.13 Å². The third kappa shape index (κ3) is 4.41. The Hall–Kier alpha value is -5.86. The van der Waals surface area contributed by atoms with Crippen LogP contribution >= 0.6 is 0 Å². The van der Waals surface area contributed by atoms with Gasteiger partial charge in [-0.05, 0) is 81.8 Å². The van der Waals surface area contributed by atoms with Gasteiger partial charge in [0.15, 0.2) is 0 Å². The zero-order valence-corrected chi connectivity index (χ0v) is 27.5. The minimum Gasteiger partial charge on any atom is -0.309 e. The Morgan fingerprint density at radius 2 is 0.646 bits per heavy atom. The largest absolute Gasteiger partial charge is 0.309 e. The number of hydrogen-bond acceptors (Lipinski definition) is 0. The first-order valence-electron chi connectivity index (χ1n) is 16.8. The Labute approximate surface area is 281 Å². The summed E-state index contributed by atoms with van der Waals surface area (Å²) in [6, 6.07) is 59.8. The molecule has 0 aliphatic rings. The predicted molar refractivity (Wildman–Crippen MR) is 205 cm³/mol. The van der Waals surface area contributed by atoms with Gasteiger partial charge in [0.05, 0.1) is 22.1 Å². The van der Waals surface area contributed by atoms with Crippen LogP contribution in [0.5, 0.6) is 0 Å². The Morgan fingerprint density at radius 3 is 0.958 bits per heavy atom. The van der Waals surface area contributed by atoms with Crippen LogP contribution in [0.2, 0.25) is 0 Å². The molecule has 0 aliphatic carbocycles. The Kier molecular flexibility index (Phi) is 6.42. The second kappa shape index (κ2) is 10.9. The summed E-state index contributed by atoms with van der Waals surface area (Å²) in [6.45, 7) is 6.98. The van der Waals surface area contributed by atoms with Crippen molar-refractivity contribution in [2.75, 3.05) is 0 Å². The number of para-hydroxylation sites is 4. The number of fused-ring (bicyclic) bond motifs is 6. The van der Waals surface area contributed by atoms with Crippen LogP contribution in [-0.2, 0) is 5.41 Å². The van der Waals surface area contributed by atoms with E-state index in [4.69, 9.17) is 0 Å². The van der Waals surface area contributed by atoms with Crippen LogP contribution in [0.25, 0.3) is 77.2 Å². The van der Waals surface area contributed by atoms with E-state index in [1.807, 2.05) is 0 Å². The molecule has 0 N–H and O–H groups in total. The van der Waals surface area contributed by atoms with E-state index in [1.165, 1.54) is 82.8 Å². The van der Waals surface area contributed by atoms with Crippen LogP contribution in [0.4, 0.5) is 0 Å². The molecule has 0 spiro atoms. The molecule has 9 aromatic rings. The number of aromatic nitrogens is 2. The molecule has 9 rings (SSSR count). The zero-order chi connectivity index (χ0) is 32.4. The average molecular weight is 617 g/mol. The van der Waals surface area contributed by atoms with Crippen LogP contribution < -0.4 is 0 Å². The van der Waals surface area contributed by atoms with Crippen LogP contribution in [0.3, 0.4) is 0 Å². The topological polar surface area (TPSA) is 9.86 Å². The van der Waals surface area contributed by atoms with Gasteiger partial charge in [0.1, 0.15) is 0 Å². The van der Waals surface area contributed by atoms with E-state index in [-0.39, 0.29) is 5.41 Å². The third-order valence-corrected chi connectivity index (χ3v) is 9.85. The molecule has 2 heteroatoms. The highest BCUT2D eigenvalue weighted by Crippen LogP contribution is 2.41. The van der Waals surface area contributed by atoms with E-state index >= 15 is 0 Å². The molecule has 0 atom stereocenters. The summed E-state index contributed by atoms with van der Waals surface area (Å²) in [6.07, 6.45) is 0. The molecule has 0 saturated carbocycles. The van der Waals surface area contributed by atoms with Crippen LogP contribution in [0.15, 0.2) is 164 Å². The minimum atomic E-state index is -0.0665. The zero-order valence-electron chi connectivity index (χ0n) is 27.5. The number of rotatable bonds is 4. The van der Waals surface area contributed by atoms with E-state index in [1.54, 1.807) is 0 Å². The summed E-state index contributed by atoms with van der Waals surface area (Å²) in [5.74, 6) is 0. The van der Waals surface area contributed by atoms with Gasteiger partial charge in [-0.25, -0.2) is 0 Å². The first-order valence-corrected chi connectivity index (χ1v) is 16.8. The van der Waals surface area contributed by atoms with E-state index in [9.17, 15) is 0 Å². The fraction of sp³-hybridized carbons (Fsp3) is 0.0870. The van der Waals surface area contributed by atoms with E-state index in [0.717, 1.165) is 0 Å². The fourth-order valence-electron chi connectivity index (χ4n) is 7.82. The monoisotopic (exact) mass is 616 g/mol. The molecule has 230 valence electrons. The fourth-order valence-corrected chi connectivity index (χ4v) is 7.82.